The number of alkyl carbamates (subject to hydrolysis) is 2. The van der Waals surface area contributed by atoms with Crippen LogP contribution in [0.15, 0.2) is 150 Å². The minimum atomic E-state index is -0.813. The Hall–Kier alpha value is -5.54. The van der Waals surface area contributed by atoms with E-state index >= 15 is 0 Å². The zero-order chi connectivity index (χ0) is 69.2. The quantitative estimate of drug-likeness (QED) is 0.0264. The number of benzene rings is 4. The lowest BCUT2D eigenvalue weighted by molar-refractivity contribution is -0.142. The molecule has 0 radical (unpaired) electrons. The molecule has 4 aromatic carbocycles. The van der Waals surface area contributed by atoms with Crippen molar-refractivity contribution in [2.24, 2.45) is 23.7 Å². The van der Waals surface area contributed by atoms with Crippen LogP contribution in [0.1, 0.15) is 137 Å². The number of carbonyl (C=O) groups is 6. The summed E-state index contributed by atoms with van der Waals surface area (Å²) in [7, 11) is 6.32. The van der Waals surface area contributed by atoms with Crippen molar-refractivity contribution in [2.45, 2.75) is 158 Å². The molecule has 7 aromatic rings. The summed E-state index contributed by atoms with van der Waals surface area (Å²) in [6.45, 7) is 9.18. The summed E-state index contributed by atoms with van der Waals surface area (Å²) in [5.74, 6) is -0.766. The van der Waals surface area contributed by atoms with Crippen LogP contribution in [0, 0.1) is 23.7 Å². The molecule has 548 valence electrons. The van der Waals surface area contributed by atoms with E-state index < -0.39 is 24.2 Å². The Morgan fingerprint density at radius 1 is 0.535 bits per heavy atom. The van der Waals surface area contributed by atoms with E-state index in [1.807, 2.05) is 97.2 Å². The van der Waals surface area contributed by atoms with E-state index in [2.05, 4.69) is 123 Å². The van der Waals surface area contributed by atoms with Crippen molar-refractivity contribution in [2.75, 3.05) is 48.2 Å². The lowest BCUT2D eigenvalue weighted by Gasteiger charge is -2.25. The van der Waals surface area contributed by atoms with Crippen molar-refractivity contribution >= 4 is 131 Å². The van der Waals surface area contributed by atoms with Crippen molar-refractivity contribution < 1.29 is 57.6 Å². The van der Waals surface area contributed by atoms with Crippen molar-refractivity contribution in [1.82, 2.24) is 35.8 Å². The van der Waals surface area contributed by atoms with Gasteiger partial charge in [0.05, 0.1) is 63.8 Å². The van der Waals surface area contributed by atoms with Crippen LogP contribution in [0.25, 0.3) is 0 Å². The first kappa shape index (κ1) is 93.5. The SMILES string of the molecule is C.C.C.COC[C@H](C)C(=O)C[C@H](CC[C@H](Cc1ccccc1)NC(=O)OCc1cncs1)Cc1ccccc1.COC[C@H](C)C(=O)O.COC[C@H](NC(=O)N(C)Cc1csc(C(C)C)n1)C(=O)C[C@H](CC[C@H](Cc1ccccc1)NC(=O)OCc1cncs1)Cc1ccccc1.I.II. The molecule has 0 bridgehead atoms. The Morgan fingerprint density at radius 3 is 1.28 bits per heavy atom. The highest BCUT2D eigenvalue weighted by atomic mass is 128. The van der Waals surface area contributed by atoms with E-state index in [4.69, 9.17) is 24.1 Å². The summed E-state index contributed by atoms with van der Waals surface area (Å²) in [6, 6.07) is 39.0. The largest absolute Gasteiger partial charge is 0.481 e. The highest BCUT2D eigenvalue weighted by Gasteiger charge is 2.28. The number of aliphatic carboxylic acids is 1. The molecule has 0 aliphatic rings. The van der Waals surface area contributed by atoms with Gasteiger partial charge in [-0.1, -0.05) is 164 Å². The van der Waals surface area contributed by atoms with Gasteiger partial charge in [0.2, 0.25) is 0 Å². The fourth-order valence-corrected chi connectivity index (χ4v) is 11.9. The molecule has 4 N–H and O–H groups in total. The van der Waals surface area contributed by atoms with Gasteiger partial charge in [-0.25, -0.2) is 19.4 Å². The predicted octanol–water partition coefficient (Wildman–Crippen LogP) is 17.5. The zero-order valence-electron chi connectivity index (χ0n) is 56.0. The molecule has 0 saturated carbocycles. The average molecular weight is 1760 g/mol. The minimum Gasteiger partial charge on any atom is -0.481 e. The fourth-order valence-electron chi connectivity index (χ4n) is 10.1. The van der Waals surface area contributed by atoms with E-state index in [1.165, 1.54) is 47.4 Å². The van der Waals surface area contributed by atoms with Crippen molar-refractivity contribution in [1.29, 1.82) is 0 Å². The van der Waals surface area contributed by atoms with Crippen LogP contribution >= 0.6 is 95.2 Å². The molecule has 99 heavy (non-hydrogen) atoms. The number of carboxylic acids is 1. The average Bonchev–Trinajstić information content (AvgIpc) is 1.88. The van der Waals surface area contributed by atoms with Gasteiger partial charge >= 0.3 is 24.2 Å². The summed E-state index contributed by atoms with van der Waals surface area (Å²) in [5, 5.41) is 20.2. The van der Waals surface area contributed by atoms with Gasteiger partial charge < -0.3 is 49.6 Å². The Kier molecular flexibility index (Phi) is 52.0. The standard InChI is InChI=1S/C37H47N5O5S2.C29H36N2O4S.C5H10O3.3CH4.I2.HI/c1-26(2)35-39-31(24-48-35)21-42(3)36(44)41-33(23-46-4)34(43)19-29(17-27-11-7-5-8-12-27)15-16-30(18-28-13-9-6-10-14-28)40-37(45)47-22-32-20-38-25-49-32;1-22(19-34-2)28(32)17-25(15-23-9-5-3-6-10-23)13-14-26(16-24-11-7-4-8-12-24)31-29(33)35-20-27-18-30-21-36-27;1-4(3-8-2)5(6)7;;;;1-2;/h5-14,20,24-26,29-30,33H,15-19,21-23H2,1-4H3,(H,40,45)(H,41,44);3-12,18,21-22,25-26H,13-17,19-20H2,1-2H3,(H,31,33);4H,3H2,1-2H3,(H,6,7);3*1H4;;1H/t29-,30-,33+;22-,25+,26+;4-;;;;;/m100...../s1. The minimum absolute atomic E-state index is 0. The van der Waals surface area contributed by atoms with Crippen molar-refractivity contribution in [3.8, 4) is 0 Å². The topological polar surface area (TPSA) is 247 Å². The molecule has 0 fully saturated rings. The van der Waals surface area contributed by atoms with Gasteiger partial charge in [-0.05, 0) is 92.4 Å². The molecule has 3 heterocycles. The number of carboxylic acid groups (broad SMARTS) is 1. The molecule has 0 aliphatic carbocycles. The van der Waals surface area contributed by atoms with Gasteiger partial charge in [0.15, 0.2) is 5.78 Å². The number of ketones is 2. The molecule has 7 rings (SSSR count). The first-order valence-electron chi connectivity index (χ1n) is 31.5. The van der Waals surface area contributed by atoms with E-state index in [0.29, 0.717) is 57.6 Å². The predicted molar refractivity (Wildman–Crippen MR) is 429 cm³/mol. The highest BCUT2D eigenvalue weighted by Crippen LogP contribution is 2.26. The van der Waals surface area contributed by atoms with Crippen molar-refractivity contribution in [3.05, 3.63) is 193 Å². The van der Waals surface area contributed by atoms with Gasteiger partial charge in [-0.3, -0.25) is 24.4 Å². The van der Waals surface area contributed by atoms with Crippen LogP contribution in [0.5, 0.6) is 0 Å². The molecular formula is C74H106I3N7O12S3. The van der Waals surface area contributed by atoms with Crippen LogP contribution in [0.4, 0.5) is 14.4 Å². The van der Waals surface area contributed by atoms with Gasteiger partial charge in [0.1, 0.15) is 25.0 Å². The third kappa shape index (κ3) is 39.5. The summed E-state index contributed by atoms with van der Waals surface area (Å²) >= 11 is 8.71. The van der Waals surface area contributed by atoms with Crippen LogP contribution in [0.3, 0.4) is 0 Å². The second kappa shape index (κ2) is 55.1. The first-order valence-corrected chi connectivity index (χ1v) is 40.5. The van der Waals surface area contributed by atoms with Gasteiger partial charge in [0, 0.05) is 120 Å². The third-order valence-corrected chi connectivity index (χ3v) is 17.8. The van der Waals surface area contributed by atoms with E-state index in [9.17, 15) is 28.8 Å². The smallest absolute Gasteiger partial charge is 0.407 e. The van der Waals surface area contributed by atoms with Crippen molar-refractivity contribution in [3.63, 3.8) is 0 Å². The van der Waals surface area contributed by atoms with Crippen LogP contribution in [-0.2, 0) is 83.5 Å². The number of carbonyl (C=O) groups excluding carboxylic acids is 5. The highest BCUT2D eigenvalue weighted by molar-refractivity contribution is 15.0. The number of thiazole rings is 3. The first-order chi connectivity index (χ1) is 45.9. The third-order valence-electron chi connectivity index (χ3n) is 15.1. The number of rotatable bonds is 37. The molecule has 25 heteroatoms. The maximum atomic E-state index is 13.8. The number of aromatic nitrogens is 3. The zero-order valence-corrected chi connectivity index (χ0v) is 65.1. The molecule has 4 amide bonds. The molecule has 7 atom stereocenters. The number of hydrogen-bond acceptors (Lipinski definition) is 17. The normalized spacial score (nSPS) is 12.5. The molecule has 3 aromatic heterocycles. The monoisotopic (exact) mass is 1760 g/mol. The molecule has 0 aliphatic heterocycles. The molecular weight excluding hydrogens is 1660 g/mol. The summed E-state index contributed by atoms with van der Waals surface area (Å²) in [5.41, 5.74) is 8.81. The molecule has 0 spiro atoms. The Labute approximate surface area is 641 Å². The van der Waals surface area contributed by atoms with E-state index in [1.54, 1.807) is 55.8 Å². The summed E-state index contributed by atoms with van der Waals surface area (Å²) < 4.78 is 26.1. The van der Waals surface area contributed by atoms with Crippen LogP contribution in [0.2, 0.25) is 0 Å². The second-order valence-corrected chi connectivity index (χ2v) is 26.3. The second-order valence-electron chi connectivity index (χ2n) is 23.5. The Morgan fingerprint density at radius 2 is 0.929 bits per heavy atom. The number of amides is 4. The summed E-state index contributed by atoms with van der Waals surface area (Å²) in [4.78, 5) is 91.3. The lowest BCUT2D eigenvalue weighted by atomic mass is 9.86. The molecule has 19 nitrogen and oxygen atoms in total. The lowest BCUT2D eigenvalue weighted by Crippen LogP contribution is -2.49. The van der Waals surface area contributed by atoms with Gasteiger partial charge in [-0.15, -0.1) is 58.0 Å². The van der Waals surface area contributed by atoms with E-state index in [0.717, 1.165) is 56.4 Å². The van der Waals surface area contributed by atoms with E-state index in [-0.39, 0.29) is 132 Å². The Bertz CT molecular complexity index is 3220. The van der Waals surface area contributed by atoms with Gasteiger partial charge in [-0.2, -0.15) is 0 Å². The van der Waals surface area contributed by atoms with Crippen LogP contribution < -0.4 is 16.0 Å². The number of Topliss-reactive ketones (excluding diaryl/α,β-unsaturated/α-hetero) is 2. The summed E-state index contributed by atoms with van der Waals surface area (Å²) in [6.07, 6.45) is 8.87. The number of halogens is 3. The fraction of sp³-hybridized carbons (Fsp3) is 0.473. The Balaban J connectivity index is 0.00000170. The number of urea groups is 1. The number of ether oxygens (including phenoxy) is 5. The van der Waals surface area contributed by atoms with Crippen LogP contribution in [-0.4, -0.2) is 127 Å². The van der Waals surface area contributed by atoms with Gasteiger partial charge in [0.25, 0.3) is 0 Å². The molecule has 0 unspecified atom stereocenters. The number of nitrogens with one attached hydrogen (secondary N) is 3. The molecule has 0 saturated heterocycles. The number of methoxy groups -OCH3 is 3. The number of nitrogens with zero attached hydrogens (tertiary/aromatic N) is 4. The number of hydrogen-bond donors (Lipinski definition) is 4. The maximum Gasteiger partial charge on any atom is 0.407 e. The maximum absolute atomic E-state index is 13.8.